The largest absolute Gasteiger partial charge is 1.00 e. The van der Waals surface area contributed by atoms with Crippen LogP contribution in [0.4, 0.5) is 0 Å². The van der Waals surface area contributed by atoms with Crippen LogP contribution in [0.1, 0.15) is 11.3 Å². The minimum absolute atomic E-state index is 0. The van der Waals surface area contributed by atoms with Crippen molar-refractivity contribution in [2.75, 3.05) is 0 Å². The van der Waals surface area contributed by atoms with E-state index in [0.717, 1.165) is 40.5 Å². The Morgan fingerprint density at radius 2 is 0.738 bits per heavy atom. The maximum absolute atomic E-state index is 4.45. The molecular weight excluding hydrogens is 775 g/mol. The van der Waals surface area contributed by atoms with Gasteiger partial charge in [0.1, 0.15) is 5.69 Å². The second kappa shape index (κ2) is 17.6. The maximum Gasteiger partial charge on any atom is 0.176 e. The molecule has 0 atom stereocenters. The van der Waals surface area contributed by atoms with Gasteiger partial charge in [0.05, 0.1) is 0 Å². The molecule has 6 heterocycles. The van der Waals surface area contributed by atoms with Crippen molar-refractivity contribution >= 4 is 0 Å². The van der Waals surface area contributed by atoms with Gasteiger partial charge in [-0.05, 0) is 31.5 Å². The first-order valence-electron chi connectivity index (χ1n) is 12.1. The maximum atomic E-state index is 4.45. The average Bonchev–Trinajstić information content (AvgIpc) is 3.69. The number of aromatic nitrogens is 11. The molecular formula is C27H33Cl3N11Os-3. The van der Waals surface area contributed by atoms with Gasteiger partial charge in [-0.15, -0.1) is 0 Å². The first-order valence-corrected chi connectivity index (χ1v) is 12.1. The molecule has 0 amide bonds. The molecule has 0 fully saturated rings. The average molecular weight is 808 g/mol. The zero-order valence-corrected chi connectivity index (χ0v) is 29.1. The van der Waals surface area contributed by atoms with E-state index in [1.165, 1.54) is 5.56 Å². The van der Waals surface area contributed by atoms with Crippen LogP contribution >= 0.6 is 0 Å². The van der Waals surface area contributed by atoms with Crippen molar-refractivity contribution in [2.24, 2.45) is 35.2 Å². The Hall–Kier alpha value is -3.29. The van der Waals surface area contributed by atoms with Gasteiger partial charge in [0.2, 0.25) is 0 Å². The fourth-order valence-corrected chi connectivity index (χ4v) is 3.89. The van der Waals surface area contributed by atoms with E-state index in [9.17, 15) is 0 Å². The van der Waals surface area contributed by atoms with E-state index in [1.807, 2.05) is 96.0 Å². The molecule has 11 nitrogen and oxygen atoms in total. The van der Waals surface area contributed by atoms with Crippen LogP contribution in [-0.2, 0) is 55.0 Å². The van der Waals surface area contributed by atoms with E-state index < -0.39 is 0 Å². The summed E-state index contributed by atoms with van der Waals surface area (Å²) in [5, 5.41) is 0. The summed E-state index contributed by atoms with van der Waals surface area (Å²) in [6.07, 6.45) is 18.4. The van der Waals surface area contributed by atoms with Crippen molar-refractivity contribution in [1.29, 1.82) is 0 Å². The van der Waals surface area contributed by atoms with Gasteiger partial charge in [0.15, 0.2) is 29.1 Å². The third kappa shape index (κ3) is 9.36. The molecule has 0 N–H and O–H groups in total. The van der Waals surface area contributed by atoms with E-state index in [4.69, 9.17) is 0 Å². The van der Waals surface area contributed by atoms with Crippen LogP contribution in [0, 0.1) is 13.8 Å². The number of aryl methyl sites for hydroxylation is 7. The fourth-order valence-electron chi connectivity index (χ4n) is 3.89. The fraction of sp³-hybridized carbons (Fsp3) is 0.259. The van der Waals surface area contributed by atoms with Crippen molar-refractivity contribution in [2.45, 2.75) is 13.8 Å². The van der Waals surface area contributed by atoms with Crippen LogP contribution in [-0.4, -0.2) is 52.7 Å². The predicted octanol–water partition coefficient (Wildman–Crippen LogP) is -5.25. The number of nitrogens with zero attached hydrogens (tertiary/aromatic N) is 11. The van der Waals surface area contributed by atoms with Crippen LogP contribution in [0.3, 0.4) is 0 Å². The Bertz CT molecular complexity index is 1460. The molecule has 42 heavy (non-hydrogen) atoms. The van der Waals surface area contributed by atoms with Crippen molar-refractivity contribution in [1.82, 2.24) is 52.7 Å². The van der Waals surface area contributed by atoms with Gasteiger partial charge in [-0.2, -0.15) is 0 Å². The number of imidazole rings is 5. The van der Waals surface area contributed by atoms with Crippen molar-refractivity contribution in [3.63, 3.8) is 0 Å². The minimum atomic E-state index is 0. The van der Waals surface area contributed by atoms with E-state index in [1.54, 1.807) is 31.0 Å². The third-order valence-electron chi connectivity index (χ3n) is 5.83. The SMILES string of the molecule is Cc1cc(C)nc(-c2nccn2C)c1.Cn1ccnc1-c1nccn1C.Cn1ccnc1-c1nccn1C.[Cl-].[Cl-].[Cl-].[Os]. The smallest absolute Gasteiger partial charge is 0.176 e. The normalized spacial score (nSPS) is 9.50. The number of hydrogen-bond acceptors (Lipinski definition) is 6. The first kappa shape index (κ1) is 38.7. The number of halogens is 3. The van der Waals surface area contributed by atoms with Crippen molar-refractivity contribution in [3.05, 3.63) is 85.4 Å². The summed E-state index contributed by atoms with van der Waals surface area (Å²) in [6.45, 7) is 4.07. The molecule has 0 aliphatic carbocycles. The summed E-state index contributed by atoms with van der Waals surface area (Å²) >= 11 is 0. The monoisotopic (exact) mass is 808 g/mol. The Morgan fingerprint density at radius 3 is 0.976 bits per heavy atom. The molecule has 0 bridgehead atoms. The Balaban J connectivity index is 0.000000575. The van der Waals surface area contributed by atoms with Gasteiger partial charge < -0.3 is 60.1 Å². The second-order valence-corrected chi connectivity index (χ2v) is 8.98. The molecule has 6 aromatic rings. The zero-order chi connectivity index (χ0) is 27.2. The Morgan fingerprint density at radius 1 is 0.452 bits per heavy atom. The van der Waals surface area contributed by atoms with Gasteiger partial charge in [-0.3, -0.25) is 0 Å². The van der Waals surface area contributed by atoms with Crippen LogP contribution in [0.15, 0.2) is 74.1 Å². The molecule has 6 rings (SSSR count). The van der Waals surface area contributed by atoms with Crippen LogP contribution < -0.4 is 37.2 Å². The standard InChI is InChI=1S/C11H13N3.2C8H10N4.3ClH.Os/c1-8-6-9(2)13-10(7-8)11-12-4-5-14(11)3;2*1-11-5-3-9-7(11)8-10-4-6-12(8)2;;;;/h4-7H,1-3H3;2*3-6H,1-2H3;3*1H;/p-3. The van der Waals surface area contributed by atoms with Crippen LogP contribution in [0.25, 0.3) is 34.8 Å². The molecule has 0 saturated carbocycles. The zero-order valence-electron chi connectivity index (χ0n) is 24.3. The number of pyridine rings is 1. The van der Waals surface area contributed by atoms with Crippen molar-refractivity contribution < 1.29 is 57.0 Å². The molecule has 0 aliphatic heterocycles. The van der Waals surface area contributed by atoms with Gasteiger partial charge in [-0.1, -0.05) is 0 Å². The number of rotatable bonds is 3. The third-order valence-corrected chi connectivity index (χ3v) is 5.83. The molecule has 0 radical (unpaired) electrons. The molecule has 0 unspecified atom stereocenters. The molecule has 0 spiro atoms. The summed E-state index contributed by atoms with van der Waals surface area (Å²) in [5.41, 5.74) is 3.19. The summed E-state index contributed by atoms with van der Waals surface area (Å²) in [5.74, 6) is 4.48. The summed E-state index contributed by atoms with van der Waals surface area (Å²) in [6, 6.07) is 4.11. The molecule has 228 valence electrons. The summed E-state index contributed by atoms with van der Waals surface area (Å²) in [4.78, 5) is 25.5. The van der Waals surface area contributed by atoms with Gasteiger partial charge in [0, 0.05) is 123 Å². The molecule has 0 saturated heterocycles. The second-order valence-electron chi connectivity index (χ2n) is 8.98. The minimum Gasteiger partial charge on any atom is -1.00 e. The number of hydrogen-bond donors (Lipinski definition) is 0. The topological polar surface area (TPSA) is 102 Å². The molecule has 0 aromatic carbocycles. The van der Waals surface area contributed by atoms with E-state index >= 15 is 0 Å². The van der Waals surface area contributed by atoms with E-state index in [-0.39, 0.29) is 57.0 Å². The molecule has 0 aliphatic rings. The van der Waals surface area contributed by atoms with Gasteiger partial charge in [0.25, 0.3) is 0 Å². The predicted molar refractivity (Wildman–Crippen MR) is 147 cm³/mol. The van der Waals surface area contributed by atoms with Crippen LogP contribution in [0.2, 0.25) is 0 Å². The Labute approximate surface area is 277 Å². The van der Waals surface area contributed by atoms with Crippen molar-refractivity contribution in [3.8, 4) is 34.8 Å². The van der Waals surface area contributed by atoms with E-state index in [2.05, 4.69) is 49.0 Å². The Kier molecular flexibility index (Phi) is 16.2. The van der Waals surface area contributed by atoms with E-state index in [0.29, 0.717) is 0 Å². The summed E-state index contributed by atoms with van der Waals surface area (Å²) < 4.78 is 9.76. The first-order chi connectivity index (χ1) is 18.2. The van der Waals surface area contributed by atoms with Crippen LogP contribution in [0.5, 0.6) is 0 Å². The van der Waals surface area contributed by atoms with Gasteiger partial charge in [-0.25, -0.2) is 29.9 Å². The molecule has 6 aromatic heterocycles. The summed E-state index contributed by atoms with van der Waals surface area (Å²) in [7, 11) is 9.80. The van der Waals surface area contributed by atoms with Gasteiger partial charge >= 0.3 is 0 Å². The molecule has 15 heteroatoms. The quantitative estimate of drug-likeness (QED) is 0.178.